The largest absolute Gasteiger partial charge is 0.497 e. The minimum atomic E-state index is 0.480. The maximum atomic E-state index is 6.07. The summed E-state index contributed by atoms with van der Waals surface area (Å²) in [5.74, 6) is 1.58. The van der Waals surface area contributed by atoms with Crippen LogP contribution in [0.2, 0.25) is 0 Å². The van der Waals surface area contributed by atoms with Crippen molar-refractivity contribution in [3.8, 4) is 11.5 Å². The quantitative estimate of drug-likeness (QED) is 0.745. The molecule has 4 heteroatoms. The number of methoxy groups -OCH3 is 1. The molecule has 0 spiro atoms. The van der Waals surface area contributed by atoms with Crippen LogP contribution in [0, 0.1) is 6.92 Å². The van der Waals surface area contributed by atoms with Crippen LogP contribution in [0.4, 0.5) is 5.69 Å². The van der Waals surface area contributed by atoms with Gasteiger partial charge in [0.05, 0.1) is 18.3 Å². The standard InChI is InChI=1S/C18H18N2O2/c1-12-7-8-20-18-16(12)9-15(10-17(18)19)22-11-13-3-5-14(21-2)6-4-13/h3-10H,11,19H2,1-2H3. The van der Waals surface area contributed by atoms with Crippen LogP contribution in [0.25, 0.3) is 10.9 Å². The molecule has 4 nitrogen and oxygen atoms in total. The summed E-state index contributed by atoms with van der Waals surface area (Å²) < 4.78 is 11.0. The average molecular weight is 294 g/mol. The van der Waals surface area contributed by atoms with Gasteiger partial charge >= 0.3 is 0 Å². The Balaban J connectivity index is 1.83. The zero-order chi connectivity index (χ0) is 15.5. The zero-order valence-electron chi connectivity index (χ0n) is 12.7. The second kappa shape index (κ2) is 5.93. The molecule has 0 unspecified atom stereocenters. The summed E-state index contributed by atoms with van der Waals surface area (Å²) in [6, 6.07) is 13.6. The third-order valence-corrected chi connectivity index (χ3v) is 3.63. The number of benzene rings is 2. The number of nitrogens with two attached hydrogens (primary N) is 1. The smallest absolute Gasteiger partial charge is 0.122 e. The van der Waals surface area contributed by atoms with E-state index in [0.717, 1.165) is 33.5 Å². The number of aromatic nitrogens is 1. The lowest BCUT2D eigenvalue weighted by atomic mass is 10.1. The molecule has 2 N–H and O–H groups in total. The summed E-state index contributed by atoms with van der Waals surface area (Å²) in [6.07, 6.45) is 1.77. The first-order valence-corrected chi connectivity index (χ1v) is 7.08. The first-order valence-electron chi connectivity index (χ1n) is 7.08. The normalized spacial score (nSPS) is 10.6. The van der Waals surface area contributed by atoms with Gasteiger partial charge in [-0.25, -0.2) is 0 Å². The van der Waals surface area contributed by atoms with Gasteiger partial charge in [-0.15, -0.1) is 0 Å². The third-order valence-electron chi connectivity index (χ3n) is 3.63. The predicted molar refractivity (Wildman–Crippen MR) is 88.2 cm³/mol. The number of nitrogens with zero attached hydrogens (tertiary/aromatic N) is 1. The van der Waals surface area contributed by atoms with E-state index < -0.39 is 0 Å². The van der Waals surface area contributed by atoms with Gasteiger partial charge in [0.2, 0.25) is 0 Å². The number of anilines is 1. The first-order chi connectivity index (χ1) is 10.7. The molecule has 2 aromatic carbocycles. The van der Waals surface area contributed by atoms with Crippen molar-refractivity contribution in [3.63, 3.8) is 0 Å². The van der Waals surface area contributed by atoms with Crippen molar-refractivity contribution in [2.75, 3.05) is 12.8 Å². The van der Waals surface area contributed by atoms with E-state index in [1.807, 2.05) is 49.4 Å². The van der Waals surface area contributed by atoms with E-state index in [1.54, 1.807) is 13.3 Å². The Kier molecular flexibility index (Phi) is 3.83. The lowest BCUT2D eigenvalue weighted by Gasteiger charge is -2.10. The van der Waals surface area contributed by atoms with Crippen molar-refractivity contribution >= 4 is 16.6 Å². The van der Waals surface area contributed by atoms with Gasteiger partial charge in [-0.1, -0.05) is 12.1 Å². The van der Waals surface area contributed by atoms with E-state index >= 15 is 0 Å². The van der Waals surface area contributed by atoms with Crippen molar-refractivity contribution in [1.29, 1.82) is 0 Å². The number of hydrogen-bond donors (Lipinski definition) is 1. The van der Waals surface area contributed by atoms with Gasteiger partial charge in [0.15, 0.2) is 0 Å². The Labute approximate surface area is 129 Å². The van der Waals surface area contributed by atoms with Crippen molar-refractivity contribution in [2.24, 2.45) is 0 Å². The van der Waals surface area contributed by atoms with E-state index in [2.05, 4.69) is 4.98 Å². The molecule has 22 heavy (non-hydrogen) atoms. The SMILES string of the molecule is COc1ccc(COc2cc(N)c3nccc(C)c3c2)cc1. The van der Waals surface area contributed by atoms with Crippen LogP contribution in [0.15, 0.2) is 48.7 Å². The Morgan fingerprint density at radius 3 is 2.55 bits per heavy atom. The van der Waals surface area contributed by atoms with Crippen LogP contribution in [-0.2, 0) is 6.61 Å². The molecule has 1 aromatic heterocycles. The topological polar surface area (TPSA) is 57.4 Å². The minimum absolute atomic E-state index is 0.480. The summed E-state index contributed by atoms with van der Waals surface area (Å²) in [4.78, 5) is 4.33. The fourth-order valence-electron chi connectivity index (χ4n) is 2.36. The van der Waals surface area contributed by atoms with E-state index in [-0.39, 0.29) is 0 Å². The molecule has 0 radical (unpaired) electrons. The first kappa shape index (κ1) is 14.2. The van der Waals surface area contributed by atoms with E-state index in [4.69, 9.17) is 15.2 Å². The zero-order valence-corrected chi connectivity index (χ0v) is 12.7. The highest BCUT2D eigenvalue weighted by molar-refractivity contribution is 5.92. The summed E-state index contributed by atoms with van der Waals surface area (Å²) in [5.41, 5.74) is 9.72. The van der Waals surface area contributed by atoms with E-state index in [0.29, 0.717) is 12.3 Å². The van der Waals surface area contributed by atoms with Crippen LogP contribution in [0.3, 0.4) is 0 Å². The molecular formula is C18H18N2O2. The predicted octanol–water partition coefficient (Wildman–Crippen LogP) is 3.71. The molecule has 3 rings (SSSR count). The fraction of sp³-hybridized carbons (Fsp3) is 0.167. The fourth-order valence-corrected chi connectivity index (χ4v) is 2.36. The maximum absolute atomic E-state index is 6.07. The van der Waals surface area contributed by atoms with Crippen LogP contribution in [0.5, 0.6) is 11.5 Å². The molecule has 1 heterocycles. The van der Waals surface area contributed by atoms with Crippen LogP contribution < -0.4 is 15.2 Å². The van der Waals surface area contributed by atoms with Gasteiger partial charge in [-0.05, 0) is 42.3 Å². The van der Waals surface area contributed by atoms with Crippen molar-refractivity contribution in [1.82, 2.24) is 4.98 Å². The Morgan fingerprint density at radius 1 is 1.05 bits per heavy atom. The number of hydrogen-bond acceptors (Lipinski definition) is 4. The van der Waals surface area contributed by atoms with Gasteiger partial charge < -0.3 is 15.2 Å². The average Bonchev–Trinajstić information content (AvgIpc) is 2.54. The van der Waals surface area contributed by atoms with Gasteiger partial charge in [-0.2, -0.15) is 0 Å². The molecule has 0 amide bonds. The van der Waals surface area contributed by atoms with Gasteiger partial charge in [0.25, 0.3) is 0 Å². The molecule has 0 aliphatic heterocycles. The van der Waals surface area contributed by atoms with E-state index in [9.17, 15) is 0 Å². The summed E-state index contributed by atoms with van der Waals surface area (Å²) in [6.45, 7) is 2.52. The number of pyridine rings is 1. The molecular weight excluding hydrogens is 276 g/mol. The van der Waals surface area contributed by atoms with Gasteiger partial charge in [0.1, 0.15) is 18.1 Å². The van der Waals surface area contributed by atoms with Gasteiger partial charge in [0, 0.05) is 17.6 Å². The maximum Gasteiger partial charge on any atom is 0.122 e. The van der Waals surface area contributed by atoms with Crippen LogP contribution >= 0.6 is 0 Å². The van der Waals surface area contributed by atoms with Crippen molar-refractivity contribution in [3.05, 3.63) is 59.8 Å². The van der Waals surface area contributed by atoms with Gasteiger partial charge in [-0.3, -0.25) is 4.98 Å². The molecule has 0 aliphatic rings. The number of nitrogen functional groups attached to an aromatic ring is 1. The Morgan fingerprint density at radius 2 is 1.82 bits per heavy atom. The molecule has 0 fully saturated rings. The van der Waals surface area contributed by atoms with Crippen molar-refractivity contribution in [2.45, 2.75) is 13.5 Å². The number of rotatable bonds is 4. The third kappa shape index (κ3) is 2.81. The lowest BCUT2D eigenvalue weighted by Crippen LogP contribution is -1.98. The van der Waals surface area contributed by atoms with E-state index in [1.165, 1.54) is 0 Å². The summed E-state index contributed by atoms with van der Waals surface area (Å²) in [7, 11) is 1.65. The monoisotopic (exact) mass is 294 g/mol. The molecule has 3 aromatic rings. The molecule has 0 bridgehead atoms. The van der Waals surface area contributed by atoms with Crippen LogP contribution in [0.1, 0.15) is 11.1 Å². The minimum Gasteiger partial charge on any atom is -0.497 e. The second-order valence-corrected chi connectivity index (χ2v) is 5.17. The summed E-state index contributed by atoms with van der Waals surface area (Å²) in [5, 5.41) is 1.02. The highest BCUT2D eigenvalue weighted by atomic mass is 16.5. The molecule has 112 valence electrons. The molecule has 0 saturated carbocycles. The van der Waals surface area contributed by atoms with Crippen molar-refractivity contribution < 1.29 is 9.47 Å². The lowest BCUT2D eigenvalue weighted by molar-refractivity contribution is 0.306. The summed E-state index contributed by atoms with van der Waals surface area (Å²) >= 11 is 0. The molecule has 0 atom stereocenters. The number of aryl methyl sites for hydroxylation is 1. The highest BCUT2D eigenvalue weighted by Crippen LogP contribution is 2.28. The molecule has 0 saturated heterocycles. The van der Waals surface area contributed by atoms with Crippen LogP contribution in [-0.4, -0.2) is 12.1 Å². The Bertz CT molecular complexity index is 798. The second-order valence-electron chi connectivity index (χ2n) is 5.17. The highest BCUT2D eigenvalue weighted by Gasteiger charge is 2.06. The number of ether oxygens (including phenoxy) is 2. The Hall–Kier alpha value is -2.75. The molecule has 0 aliphatic carbocycles. The number of fused-ring (bicyclic) bond motifs is 1.